The van der Waals surface area contributed by atoms with Crippen molar-refractivity contribution < 1.29 is 9.31 Å². The van der Waals surface area contributed by atoms with Crippen LogP contribution in [0.3, 0.4) is 0 Å². The molecule has 0 aliphatic carbocycles. The van der Waals surface area contributed by atoms with E-state index in [1.54, 1.807) is 0 Å². The maximum absolute atomic E-state index is 6.39. The van der Waals surface area contributed by atoms with Crippen LogP contribution in [0.4, 0.5) is 0 Å². The maximum atomic E-state index is 6.39. The zero-order valence-electron chi connectivity index (χ0n) is 25.1. The van der Waals surface area contributed by atoms with E-state index in [0.717, 1.165) is 0 Å². The van der Waals surface area contributed by atoms with Gasteiger partial charge in [-0.15, -0.1) is 11.5 Å². The molecular formula is C29H57BO2Si. The fourth-order valence-corrected chi connectivity index (χ4v) is 11.4. The first-order valence-electron chi connectivity index (χ1n) is 13.7. The van der Waals surface area contributed by atoms with E-state index >= 15 is 0 Å². The molecule has 0 spiro atoms. The average molecular weight is 477 g/mol. The lowest BCUT2D eigenvalue weighted by atomic mass is 9.60. The first-order valence-corrected chi connectivity index (χ1v) is 15.9. The predicted octanol–water partition coefficient (Wildman–Crippen LogP) is 8.87. The van der Waals surface area contributed by atoms with Gasteiger partial charge in [0, 0.05) is 5.92 Å². The first-order chi connectivity index (χ1) is 14.8. The Kier molecular flexibility index (Phi) is 10.5. The topological polar surface area (TPSA) is 18.5 Å². The van der Waals surface area contributed by atoms with E-state index in [0.29, 0.717) is 52.0 Å². The Bertz CT molecular complexity index is 650. The minimum absolute atomic E-state index is 0.137. The van der Waals surface area contributed by atoms with Crippen LogP contribution in [0.2, 0.25) is 22.4 Å². The van der Waals surface area contributed by atoms with Crippen LogP contribution in [0.5, 0.6) is 0 Å². The van der Waals surface area contributed by atoms with Gasteiger partial charge in [0.05, 0.1) is 11.2 Å². The molecule has 4 heteroatoms. The van der Waals surface area contributed by atoms with Gasteiger partial charge in [-0.1, -0.05) is 83.1 Å². The minimum atomic E-state index is -1.68. The van der Waals surface area contributed by atoms with Crippen LogP contribution >= 0.6 is 0 Å². The fourth-order valence-electron chi connectivity index (χ4n) is 6.05. The monoisotopic (exact) mass is 476 g/mol. The second-order valence-corrected chi connectivity index (χ2v) is 19.0. The first kappa shape index (κ1) is 30.8. The van der Waals surface area contributed by atoms with Gasteiger partial charge < -0.3 is 9.31 Å². The Morgan fingerprint density at radius 1 is 0.576 bits per heavy atom. The highest BCUT2D eigenvalue weighted by molar-refractivity contribution is 6.90. The van der Waals surface area contributed by atoms with Crippen molar-refractivity contribution in [2.75, 3.05) is 0 Å². The van der Waals surface area contributed by atoms with Gasteiger partial charge in [0.25, 0.3) is 0 Å². The molecule has 0 aromatic rings. The molecule has 0 unspecified atom stereocenters. The Labute approximate surface area is 209 Å². The van der Waals surface area contributed by atoms with Gasteiger partial charge in [0.15, 0.2) is 0 Å². The quantitative estimate of drug-likeness (QED) is 0.244. The molecule has 0 aromatic heterocycles. The van der Waals surface area contributed by atoms with Crippen LogP contribution in [-0.2, 0) is 9.31 Å². The summed E-state index contributed by atoms with van der Waals surface area (Å²) in [5, 5.41) is 0. The van der Waals surface area contributed by atoms with Crippen LogP contribution in [0.15, 0.2) is 0 Å². The third kappa shape index (κ3) is 6.31. The Morgan fingerprint density at radius 3 is 1.30 bits per heavy atom. The molecule has 0 aromatic carbocycles. The van der Waals surface area contributed by atoms with E-state index < -0.39 is 8.07 Å². The molecule has 0 saturated carbocycles. The van der Waals surface area contributed by atoms with Crippen LogP contribution in [-0.4, -0.2) is 26.4 Å². The van der Waals surface area contributed by atoms with Crippen molar-refractivity contribution in [3.05, 3.63) is 0 Å². The Balaban J connectivity index is 2.98. The summed E-state index contributed by atoms with van der Waals surface area (Å²) in [7, 11) is -1.81. The molecule has 1 aliphatic rings. The van der Waals surface area contributed by atoms with Crippen molar-refractivity contribution in [1.29, 1.82) is 0 Å². The lowest BCUT2D eigenvalue weighted by molar-refractivity contribution is 0.00578. The molecule has 0 bridgehead atoms. The molecular weight excluding hydrogens is 419 g/mol. The van der Waals surface area contributed by atoms with E-state index in [9.17, 15) is 0 Å². The zero-order chi connectivity index (χ0) is 26.1. The molecule has 0 N–H and O–H groups in total. The molecule has 192 valence electrons. The second kappa shape index (κ2) is 11.2. The predicted molar refractivity (Wildman–Crippen MR) is 150 cm³/mol. The zero-order valence-corrected chi connectivity index (χ0v) is 26.1. The normalized spacial score (nSPS) is 23.8. The van der Waals surface area contributed by atoms with Gasteiger partial charge in [-0.25, -0.2) is 0 Å². The highest BCUT2D eigenvalue weighted by Gasteiger charge is 2.54. The van der Waals surface area contributed by atoms with Crippen molar-refractivity contribution in [2.45, 2.75) is 144 Å². The highest BCUT2D eigenvalue weighted by atomic mass is 28.3. The standard InChI is InChI=1S/C29H57BO2Si/c1-19(2)33(20(3)4,21(5)6)18-17-22(7)23(8)24(9)25(10)26(11)27(12)30-31-28(13,14)29(15,16)32-30/h19-27H,1-16H3/t22-,23+,24-,25+,26-,27+/m0/s1. The van der Waals surface area contributed by atoms with Crippen molar-refractivity contribution in [3.63, 3.8) is 0 Å². The summed E-state index contributed by atoms with van der Waals surface area (Å²) >= 11 is 0. The summed E-state index contributed by atoms with van der Waals surface area (Å²) in [6.45, 7) is 37.3. The van der Waals surface area contributed by atoms with Gasteiger partial charge in [0.2, 0.25) is 0 Å². The van der Waals surface area contributed by atoms with Gasteiger partial charge in [-0.05, 0) is 73.8 Å². The molecule has 33 heavy (non-hydrogen) atoms. The molecule has 6 atom stereocenters. The van der Waals surface area contributed by atoms with Gasteiger partial charge in [0.1, 0.15) is 8.07 Å². The van der Waals surface area contributed by atoms with Crippen molar-refractivity contribution in [3.8, 4) is 11.5 Å². The van der Waals surface area contributed by atoms with E-state index in [1.807, 2.05) is 0 Å². The maximum Gasteiger partial charge on any atom is 0.461 e. The summed E-state index contributed by atoms with van der Waals surface area (Å²) < 4.78 is 12.8. The SMILES string of the molecule is CC(C)[Si](C#C[C@H](C)[C@@H](C)[C@H](C)[C@@H](C)[C@H](C)[C@@H](C)B1OC(C)(C)C(C)(C)O1)(C(C)C)C(C)C. The molecule has 1 aliphatic heterocycles. The van der Waals surface area contributed by atoms with Gasteiger partial charge >= 0.3 is 7.12 Å². The molecule has 0 radical (unpaired) electrons. The second-order valence-electron chi connectivity index (χ2n) is 13.4. The summed E-state index contributed by atoms with van der Waals surface area (Å²) in [6, 6.07) is 0. The minimum Gasteiger partial charge on any atom is -0.403 e. The molecule has 2 nitrogen and oxygen atoms in total. The van der Waals surface area contributed by atoms with Crippen LogP contribution in [0.25, 0.3) is 0 Å². The number of rotatable bonds is 9. The van der Waals surface area contributed by atoms with Crippen LogP contribution in [0, 0.1) is 41.1 Å². The average Bonchev–Trinajstić information content (AvgIpc) is 2.91. The molecule has 1 heterocycles. The number of hydrogen-bond donors (Lipinski definition) is 0. The third-order valence-electron chi connectivity index (χ3n) is 10.2. The molecule has 1 saturated heterocycles. The lowest BCUT2D eigenvalue weighted by Crippen LogP contribution is -2.43. The lowest BCUT2D eigenvalue weighted by Gasteiger charge is -2.38. The summed E-state index contributed by atoms with van der Waals surface area (Å²) in [5.41, 5.74) is 5.49. The fraction of sp³-hybridized carbons (Fsp3) is 0.931. The summed E-state index contributed by atoms with van der Waals surface area (Å²) in [6.07, 6.45) is 0. The van der Waals surface area contributed by atoms with Crippen molar-refractivity contribution in [1.82, 2.24) is 0 Å². The third-order valence-corrected chi connectivity index (χ3v) is 16.5. The van der Waals surface area contributed by atoms with Crippen molar-refractivity contribution in [2.24, 2.45) is 29.6 Å². The highest BCUT2D eigenvalue weighted by Crippen LogP contribution is 2.45. The largest absolute Gasteiger partial charge is 0.461 e. The Morgan fingerprint density at radius 2 is 0.939 bits per heavy atom. The van der Waals surface area contributed by atoms with E-state index in [4.69, 9.17) is 9.31 Å². The van der Waals surface area contributed by atoms with Gasteiger partial charge in [-0.2, -0.15) is 0 Å². The Hall–Kier alpha value is -0.238. The van der Waals surface area contributed by atoms with Crippen LogP contribution in [0.1, 0.15) is 111 Å². The molecule has 0 amide bonds. The summed E-state index contributed by atoms with van der Waals surface area (Å²) in [4.78, 5) is 0. The summed E-state index contributed by atoms with van der Waals surface area (Å²) in [5.74, 6) is 6.78. The van der Waals surface area contributed by atoms with Crippen LogP contribution < -0.4 is 0 Å². The van der Waals surface area contributed by atoms with Gasteiger partial charge in [-0.3, -0.25) is 0 Å². The van der Waals surface area contributed by atoms with E-state index in [2.05, 4.69) is 122 Å². The number of hydrogen-bond acceptors (Lipinski definition) is 2. The molecule has 1 fully saturated rings. The van der Waals surface area contributed by atoms with E-state index in [1.165, 1.54) is 0 Å². The smallest absolute Gasteiger partial charge is 0.403 e. The molecule has 1 rings (SSSR count). The van der Waals surface area contributed by atoms with Crippen molar-refractivity contribution >= 4 is 15.2 Å². The van der Waals surface area contributed by atoms with E-state index in [-0.39, 0.29) is 18.3 Å².